The van der Waals surface area contributed by atoms with Gasteiger partial charge in [-0.1, -0.05) is 6.08 Å². The van der Waals surface area contributed by atoms with Crippen molar-refractivity contribution in [2.75, 3.05) is 0 Å². The lowest BCUT2D eigenvalue weighted by molar-refractivity contribution is -0.121. The molecular formula is C9H14N2O3. The van der Waals surface area contributed by atoms with E-state index in [0.717, 1.165) is 0 Å². The molecule has 5 heteroatoms. The molecule has 0 unspecified atom stereocenters. The topological polar surface area (TPSA) is 72.6 Å². The molecule has 1 heterocycles. The highest BCUT2D eigenvalue weighted by Gasteiger charge is 2.30. The largest absolute Gasteiger partial charge is 0.446 e. The van der Waals surface area contributed by atoms with Gasteiger partial charge in [-0.25, -0.2) is 4.79 Å². The summed E-state index contributed by atoms with van der Waals surface area (Å²) in [4.78, 5) is 23.6. The number of ether oxygens (including phenoxy) is 1. The van der Waals surface area contributed by atoms with E-state index in [1.165, 1.54) is 11.1 Å². The summed E-state index contributed by atoms with van der Waals surface area (Å²) < 4.78 is 4.94. The smallest absolute Gasteiger partial charge is 0.414 e. The second-order valence-electron chi connectivity index (χ2n) is 3.38. The van der Waals surface area contributed by atoms with Crippen LogP contribution in [0.25, 0.3) is 0 Å². The van der Waals surface area contributed by atoms with E-state index in [1.807, 2.05) is 0 Å². The van der Waals surface area contributed by atoms with Gasteiger partial charge >= 0.3 is 6.09 Å². The van der Waals surface area contributed by atoms with Crippen molar-refractivity contribution in [3.05, 3.63) is 12.3 Å². The van der Waals surface area contributed by atoms with Crippen LogP contribution in [0.2, 0.25) is 0 Å². The van der Waals surface area contributed by atoms with Gasteiger partial charge in [-0.05, 0) is 20.3 Å². The lowest BCUT2D eigenvalue weighted by Gasteiger charge is -2.21. The van der Waals surface area contributed by atoms with E-state index < -0.39 is 18.0 Å². The number of nitrogens with two attached hydrogens (primary N) is 1. The summed E-state index contributed by atoms with van der Waals surface area (Å²) in [7, 11) is 0. The molecule has 0 aliphatic carbocycles. The highest BCUT2D eigenvalue weighted by atomic mass is 16.6. The minimum absolute atomic E-state index is 0.204. The molecule has 2 amide bonds. The fraction of sp³-hybridized carbons (Fsp3) is 0.556. The number of hydrogen-bond acceptors (Lipinski definition) is 3. The molecule has 14 heavy (non-hydrogen) atoms. The van der Waals surface area contributed by atoms with Crippen molar-refractivity contribution in [2.24, 2.45) is 5.73 Å². The van der Waals surface area contributed by atoms with Crippen molar-refractivity contribution < 1.29 is 14.3 Å². The fourth-order valence-corrected chi connectivity index (χ4v) is 1.22. The maximum absolute atomic E-state index is 11.4. The first-order valence-electron chi connectivity index (χ1n) is 4.47. The van der Waals surface area contributed by atoms with Crippen LogP contribution in [0.1, 0.15) is 20.3 Å². The molecule has 1 atom stereocenters. The zero-order valence-corrected chi connectivity index (χ0v) is 8.27. The van der Waals surface area contributed by atoms with Crippen LogP contribution in [0, 0.1) is 0 Å². The summed E-state index contributed by atoms with van der Waals surface area (Å²) in [6.07, 6.45) is 2.97. The van der Waals surface area contributed by atoms with E-state index in [4.69, 9.17) is 10.5 Å². The molecule has 0 saturated carbocycles. The van der Waals surface area contributed by atoms with Crippen molar-refractivity contribution >= 4 is 12.0 Å². The van der Waals surface area contributed by atoms with Crippen LogP contribution in [-0.4, -0.2) is 29.0 Å². The van der Waals surface area contributed by atoms with E-state index in [9.17, 15) is 9.59 Å². The third-order valence-electron chi connectivity index (χ3n) is 1.84. The van der Waals surface area contributed by atoms with Gasteiger partial charge in [0.25, 0.3) is 0 Å². The van der Waals surface area contributed by atoms with Crippen molar-refractivity contribution in [1.82, 2.24) is 4.90 Å². The maximum atomic E-state index is 11.4. The second-order valence-corrected chi connectivity index (χ2v) is 3.38. The average molecular weight is 198 g/mol. The molecule has 0 fully saturated rings. The molecule has 0 saturated heterocycles. The van der Waals surface area contributed by atoms with Gasteiger partial charge in [0.05, 0.1) is 6.10 Å². The lowest BCUT2D eigenvalue weighted by atomic mass is 10.2. The van der Waals surface area contributed by atoms with Crippen LogP contribution in [0.15, 0.2) is 12.3 Å². The van der Waals surface area contributed by atoms with Crippen molar-refractivity contribution in [3.8, 4) is 0 Å². The van der Waals surface area contributed by atoms with E-state index in [2.05, 4.69) is 0 Å². The van der Waals surface area contributed by atoms with Crippen LogP contribution < -0.4 is 5.73 Å². The van der Waals surface area contributed by atoms with Crippen LogP contribution in [-0.2, 0) is 9.53 Å². The van der Waals surface area contributed by atoms with Gasteiger partial charge < -0.3 is 10.5 Å². The van der Waals surface area contributed by atoms with Gasteiger partial charge in [0.2, 0.25) is 5.91 Å². The Kier molecular flexibility index (Phi) is 3.11. The van der Waals surface area contributed by atoms with Gasteiger partial charge in [-0.3, -0.25) is 9.69 Å². The molecule has 0 aromatic rings. The monoisotopic (exact) mass is 198 g/mol. The summed E-state index contributed by atoms with van der Waals surface area (Å²) >= 11 is 0. The molecule has 2 N–H and O–H groups in total. The Hall–Kier alpha value is -1.52. The van der Waals surface area contributed by atoms with E-state index in [0.29, 0.717) is 6.42 Å². The summed E-state index contributed by atoms with van der Waals surface area (Å²) in [6.45, 7) is 3.49. The average Bonchev–Trinajstić information content (AvgIpc) is 2.49. The van der Waals surface area contributed by atoms with Crippen LogP contribution in [0.4, 0.5) is 4.79 Å². The van der Waals surface area contributed by atoms with Gasteiger partial charge in [-0.2, -0.15) is 0 Å². The lowest BCUT2D eigenvalue weighted by Crippen LogP contribution is -2.43. The molecule has 0 aromatic heterocycles. The molecule has 0 bridgehead atoms. The highest BCUT2D eigenvalue weighted by Crippen LogP contribution is 2.15. The normalized spacial score (nSPS) is 20.2. The standard InChI is InChI=1S/C9H14N2O3/c1-6(2)14-9(13)11-5-3-4-7(11)8(10)12/h3,5-7H,4H2,1-2H3,(H2,10,12)/t7-/m0/s1. The maximum Gasteiger partial charge on any atom is 0.414 e. The zero-order valence-electron chi connectivity index (χ0n) is 8.27. The first-order chi connectivity index (χ1) is 6.52. The number of hydrogen-bond donors (Lipinski definition) is 1. The number of carbonyl (C=O) groups excluding carboxylic acids is 2. The second kappa shape index (κ2) is 4.13. The number of nitrogens with zero attached hydrogens (tertiary/aromatic N) is 1. The van der Waals surface area contributed by atoms with Crippen molar-refractivity contribution in [3.63, 3.8) is 0 Å². The quantitative estimate of drug-likeness (QED) is 0.706. The van der Waals surface area contributed by atoms with Crippen molar-refractivity contribution in [1.29, 1.82) is 0 Å². The van der Waals surface area contributed by atoms with E-state index in [-0.39, 0.29) is 6.10 Å². The molecular weight excluding hydrogens is 184 g/mol. The molecule has 1 aliphatic rings. The van der Waals surface area contributed by atoms with Gasteiger partial charge in [0.1, 0.15) is 6.04 Å². The summed E-state index contributed by atoms with van der Waals surface area (Å²) in [5.74, 6) is -0.518. The fourth-order valence-electron chi connectivity index (χ4n) is 1.22. The zero-order chi connectivity index (χ0) is 10.7. The minimum atomic E-state index is -0.596. The predicted molar refractivity (Wildman–Crippen MR) is 50.2 cm³/mol. The van der Waals surface area contributed by atoms with Crippen LogP contribution in [0.3, 0.4) is 0 Å². The molecule has 0 radical (unpaired) electrons. The molecule has 78 valence electrons. The predicted octanol–water partition coefficient (Wildman–Crippen LogP) is 0.605. The van der Waals surface area contributed by atoms with Gasteiger partial charge in [0.15, 0.2) is 0 Å². The Bertz CT molecular complexity index is 273. The first-order valence-corrected chi connectivity index (χ1v) is 4.47. The molecule has 1 rings (SSSR count). The molecule has 0 aromatic carbocycles. The third kappa shape index (κ3) is 2.25. The Balaban J connectivity index is 2.62. The Labute approximate surface area is 82.5 Å². The number of carbonyl (C=O) groups is 2. The Morgan fingerprint density at radius 1 is 1.57 bits per heavy atom. The number of amides is 2. The molecule has 1 aliphatic heterocycles. The Morgan fingerprint density at radius 2 is 2.21 bits per heavy atom. The molecule has 5 nitrogen and oxygen atoms in total. The van der Waals surface area contributed by atoms with Crippen LogP contribution in [0.5, 0.6) is 0 Å². The van der Waals surface area contributed by atoms with E-state index >= 15 is 0 Å². The van der Waals surface area contributed by atoms with Gasteiger partial charge in [0, 0.05) is 6.20 Å². The minimum Gasteiger partial charge on any atom is -0.446 e. The van der Waals surface area contributed by atoms with E-state index in [1.54, 1.807) is 19.9 Å². The highest BCUT2D eigenvalue weighted by molar-refractivity contribution is 5.85. The Morgan fingerprint density at radius 3 is 2.71 bits per heavy atom. The number of rotatable bonds is 2. The van der Waals surface area contributed by atoms with Crippen molar-refractivity contribution in [2.45, 2.75) is 32.4 Å². The van der Waals surface area contributed by atoms with Gasteiger partial charge in [-0.15, -0.1) is 0 Å². The third-order valence-corrected chi connectivity index (χ3v) is 1.84. The first kappa shape index (κ1) is 10.6. The molecule has 0 spiro atoms. The van der Waals surface area contributed by atoms with Crippen LogP contribution >= 0.6 is 0 Å². The summed E-state index contributed by atoms with van der Waals surface area (Å²) in [5.41, 5.74) is 5.13. The number of primary amides is 1. The summed E-state index contributed by atoms with van der Waals surface area (Å²) in [6, 6.07) is -0.596. The SMILES string of the molecule is CC(C)OC(=O)N1C=CC[C@H]1C(N)=O. The summed E-state index contributed by atoms with van der Waals surface area (Å²) in [5, 5.41) is 0.